The molecule has 1 heterocycles. The molecule has 0 fully saturated rings. The molecule has 1 amide bonds. The maximum Gasteiger partial charge on any atom is 0.266 e. The number of nitrogens with zero attached hydrogens (tertiary/aromatic N) is 1. The molecule has 0 aliphatic heterocycles. The monoisotopic (exact) mass is 396 g/mol. The third-order valence-corrected chi connectivity index (χ3v) is 4.40. The van der Waals surface area contributed by atoms with Crippen molar-refractivity contribution in [1.82, 2.24) is 0 Å². The first-order valence-corrected chi connectivity index (χ1v) is 8.77. The summed E-state index contributed by atoms with van der Waals surface area (Å²) >= 11 is 12.1. The van der Waals surface area contributed by atoms with Crippen LogP contribution in [0.15, 0.2) is 64.6 Å². The van der Waals surface area contributed by atoms with Crippen LogP contribution in [0.4, 0.5) is 5.69 Å². The zero-order valence-electron chi connectivity index (χ0n) is 14.3. The van der Waals surface area contributed by atoms with Crippen molar-refractivity contribution in [3.8, 4) is 17.4 Å². The topological polar surface area (TPSA) is 66.0 Å². The van der Waals surface area contributed by atoms with Gasteiger partial charge in [0.1, 0.15) is 23.2 Å². The zero-order valence-corrected chi connectivity index (χ0v) is 15.8. The molecule has 0 unspecified atom stereocenters. The van der Waals surface area contributed by atoms with E-state index in [1.165, 1.54) is 6.08 Å². The number of amides is 1. The van der Waals surface area contributed by atoms with Gasteiger partial charge in [0.25, 0.3) is 5.91 Å². The van der Waals surface area contributed by atoms with Crippen LogP contribution in [0.1, 0.15) is 11.3 Å². The van der Waals surface area contributed by atoms with Crippen LogP contribution in [-0.2, 0) is 4.79 Å². The predicted octanol–water partition coefficient (Wildman–Crippen LogP) is 6.11. The zero-order chi connectivity index (χ0) is 19.4. The predicted molar refractivity (Wildman–Crippen MR) is 108 cm³/mol. The first-order valence-electron chi connectivity index (χ1n) is 8.02. The molecule has 0 bridgehead atoms. The van der Waals surface area contributed by atoms with E-state index in [1.54, 1.807) is 36.4 Å². The lowest BCUT2D eigenvalue weighted by molar-refractivity contribution is -0.112. The van der Waals surface area contributed by atoms with Crippen molar-refractivity contribution in [3.05, 3.63) is 81.5 Å². The lowest BCUT2D eigenvalue weighted by atomic mass is 10.1. The number of benzene rings is 2. The molecule has 0 saturated carbocycles. The van der Waals surface area contributed by atoms with E-state index in [9.17, 15) is 10.1 Å². The second kappa shape index (κ2) is 8.13. The number of nitriles is 1. The van der Waals surface area contributed by atoms with Crippen molar-refractivity contribution in [2.75, 3.05) is 5.32 Å². The van der Waals surface area contributed by atoms with Crippen LogP contribution in [0.3, 0.4) is 0 Å². The quantitative estimate of drug-likeness (QED) is 0.427. The third kappa shape index (κ3) is 4.40. The Morgan fingerprint density at radius 1 is 1.15 bits per heavy atom. The number of anilines is 1. The highest BCUT2D eigenvalue weighted by molar-refractivity contribution is 6.34. The van der Waals surface area contributed by atoms with Gasteiger partial charge in [0.15, 0.2) is 0 Å². The van der Waals surface area contributed by atoms with E-state index in [4.69, 9.17) is 27.6 Å². The minimum absolute atomic E-state index is 0.0960. The number of halogens is 2. The first kappa shape index (κ1) is 18.8. The van der Waals surface area contributed by atoms with Crippen molar-refractivity contribution in [2.24, 2.45) is 0 Å². The molecule has 3 rings (SSSR count). The highest BCUT2D eigenvalue weighted by Crippen LogP contribution is 2.27. The lowest BCUT2D eigenvalue weighted by Gasteiger charge is -2.09. The second-order valence-electron chi connectivity index (χ2n) is 5.77. The van der Waals surface area contributed by atoms with E-state index in [1.807, 2.05) is 31.2 Å². The van der Waals surface area contributed by atoms with Gasteiger partial charge in [-0.2, -0.15) is 5.26 Å². The van der Waals surface area contributed by atoms with Gasteiger partial charge in [0.2, 0.25) is 0 Å². The molecule has 4 nitrogen and oxygen atoms in total. The van der Waals surface area contributed by atoms with Gasteiger partial charge in [-0.25, -0.2) is 0 Å². The van der Waals surface area contributed by atoms with Gasteiger partial charge in [-0.3, -0.25) is 4.79 Å². The number of hydrogen-bond donors (Lipinski definition) is 1. The Morgan fingerprint density at radius 2 is 1.93 bits per heavy atom. The van der Waals surface area contributed by atoms with Crippen LogP contribution >= 0.6 is 23.2 Å². The van der Waals surface area contributed by atoms with E-state index in [0.29, 0.717) is 27.3 Å². The maximum atomic E-state index is 12.5. The molecule has 1 aromatic heterocycles. The fourth-order valence-corrected chi connectivity index (χ4v) is 2.95. The van der Waals surface area contributed by atoms with Crippen LogP contribution in [0.25, 0.3) is 17.4 Å². The molecule has 6 heteroatoms. The van der Waals surface area contributed by atoms with Gasteiger partial charge in [-0.1, -0.05) is 47.5 Å². The minimum atomic E-state index is -0.561. The smallest absolute Gasteiger partial charge is 0.266 e. The number of carbonyl (C=O) groups excluding carboxylic acids is 1. The van der Waals surface area contributed by atoms with Gasteiger partial charge >= 0.3 is 0 Å². The summed E-state index contributed by atoms with van der Waals surface area (Å²) in [6.45, 7) is 1.82. The molecule has 27 heavy (non-hydrogen) atoms. The van der Waals surface area contributed by atoms with Crippen LogP contribution in [0.2, 0.25) is 10.0 Å². The number of carbonyl (C=O) groups is 1. The van der Waals surface area contributed by atoms with E-state index >= 15 is 0 Å². The Balaban J connectivity index is 1.84. The summed E-state index contributed by atoms with van der Waals surface area (Å²) in [6.07, 6.45) is 1.38. The fraction of sp³-hybridized carbons (Fsp3) is 0.0476. The Labute approximate surface area is 166 Å². The molecule has 0 spiro atoms. The highest BCUT2D eigenvalue weighted by atomic mass is 35.5. The average Bonchev–Trinajstić information content (AvgIpc) is 3.11. The Morgan fingerprint density at radius 3 is 2.63 bits per heavy atom. The number of para-hydroxylation sites is 1. The Bertz CT molecular complexity index is 1060. The molecule has 0 saturated heterocycles. The molecule has 0 atom stereocenters. The van der Waals surface area contributed by atoms with E-state index in [2.05, 4.69) is 5.32 Å². The van der Waals surface area contributed by atoms with Crippen molar-refractivity contribution >= 4 is 40.9 Å². The fourth-order valence-electron chi connectivity index (χ4n) is 2.49. The van der Waals surface area contributed by atoms with Gasteiger partial charge in [0.05, 0.1) is 10.7 Å². The average molecular weight is 397 g/mol. The second-order valence-corrected chi connectivity index (χ2v) is 6.61. The third-order valence-electron chi connectivity index (χ3n) is 3.85. The van der Waals surface area contributed by atoms with Crippen molar-refractivity contribution in [2.45, 2.75) is 6.92 Å². The summed E-state index contributed by atoms with van der Waals surface area (Å²) in [4.78, 5) is 12.5. The molecule has 1 N–H and O–H groups in total. The van der Waals surface area contributed by atoms with Crippen molar-refractivity contribution < 1.29 is 9.21 Å². The summed E-state index contributed by atoms with van der Waals surface area (Å²) in [5.74, 6) is 0.408. The molecule has 0 radical (unpaired) electrons. The Kier molecular flexibility index (Phi) is 5.66. The van der Waals surface area contributed by atoms with Crippen molar-refractivity contribution in [3.63, 3.8) is 0 Å². The molecular formula is C21H14Cl2N2O2. The summed E-state index contributed by atoms with van der Waals surface area (Å²) in [6, 6.07) is 17.8. The van der Waals surface area contributed by atoms with Gasteiger partial charge in [0, 0.05) is 16.7 Å². The summed E-state index contributed by atoms with van der Waals surface area (Å²) in [7, 11) is 0. The molecule has 2 aromatic carbocycles. The standard InChI is InChI=1S/C21H14Cl2N2O2/c1-13-4-2-7-18(23)20(13)25-21(26)15(12-24)11-17-8-9-19(27-17)14-5-3-6-16(22)10-14/h2-11H,1H3,(H,25,26). The summed E-state index contributed by atoms with van der Waals surface area (Å²) in [5.41, 5.74) is 1.98. The SMILES string of the molecule is Cc1cccc(Cl)c1NC(=O)C(C#N)=Cc1ccc(-c2cccc(Cl)c2)o1. The number of aryl methyl sites for hydroxylation is 1. The van der Waals surface area contributed by atoms with Crippen LogP contribution in [-0.4, -0.2) is 5.91 Å². The van der Waals surface area contributed by atoms with Gasteiger partial charge < -0.3 is 9.73 Å². The number of furan rings is 1. The molecule has 0 aliphatic rings. The van der Waals surface area contributed by atoms with E-state index in [0.717, 1.165) is 11.1 Å². The maximum absolute atomic E-state index is 12.5. The summed E-state index contributed by atoms with van der Waals surface area (Å²) in [5, 5.41) is 13.0. The lowest BCUT2D eigenvalue weighted by Crippen LogP contribution is -2.14. The molecular weight excluding hydrogens is 383 g/mol. The first-order chi connectivity index (χ1) is 13.0. The van der Waals surface area contributed by atoms with Gasteiger partial charge in [-0.05, 0) is 42.8 Å². The largest absolute Gasteiger partial charge is 0.457 e. The van der Waals surface area contributed by atoms with Crippen LogP contribution in [0.5, 0.6) is 0 Å². The van der Waals surface area contributed by atoms with E-state index < -0.39 is 5.91 Å². The Hall–Kier alpha value is -3.00. The normalized spacial score (nSPS) is 11.1. The number of nitrogens with one attached hydrogen (secondary N) is 1. The van der Waals surface area contributed by atoms with Crippen LogP contribution in [0, 0.1) is 18.3 Å². The molecule has 134 valence electrons. The van der Waals surface area contributed by atoms with Crippen LogP contribution < -0.4 is 5.32 Å². The molecule has 3 aromatic rings. The van der Waals surface area contributed by atoms with E-state index in [-0.39, 0.29) is 5.57 Å². The number of rotatable bonds is 4. The minimum Gasteiger partial charge on any atom is -0.457 e. The van der Waals surface area contributed by atoms with Gasteiger partial charge in [-0.15, -0.1) is 0 Å². The summed E-state index contributed by atoms with van der Waals surface area (Å²) < 4.78 is 5.71. The number of hydrogen-bond acceptors (Lipinski definition) is 3. The van der Waals surface area contributed by atoms with Crippen molar-refractivity contribution in [1.29, 1.82) is 5.26 Å². The highest BCUT2D eigenvalue weighted by Gasteiger charge is 2.14. The molecule has 0 aliphatic carbocycles.